The van der Waals surface area contributed by atoms with Gasteiger partial charge in [0.25, 0.3) is 0 Å². The molecule has 1 aromatic heterocycles. The van der Waals surface area contributed by atoms with Gasteiger partial charge in [-0.1, -0.05) is 72.1 Å². The van der Waals surface area contributed by atoms with Crippen LogP contribution in [0.25, 0.3) is 0 Å². The van der Waals surface area contributed by atoms with Gasteiger partial charge in [-0.25, -0.2) is 0 Å². The van der Waals surface area contributed by atoms with E-state index in [0.29, 0.717) is 0 Å². The Morgan fingerprint density at radius 3 is 1.59 bits per heavy atom. The van der Waals surface area contributed by atoms with Crippen LogP contribution in [-0.2, 0) is 12.8 Å². The summed E-state index contributed by atoms with van der Waals surface area (Å²) in [6, 6.07) is 4.56. The quantitative estimate of drug-likeness (QED) is 0.370. The van der Waals surface area contributed by atoms with Crippen LogP contribution in [0.5, 0.6) is 0 Å². The Hall–Kier alpha value is -0.850. The van der Waals surface area contributed by atoms with Crippen molar-refractivity contribution in [3.63, 3.8) is 0 Å². The van der Waals surface area contributed by atoms with E-state index in [2.05, 4.69) is 39.3 Å². The first-order chi connectivity index (χ1) is 10.8. The highest BCUT2D eigenvalue weighted by Gasteiger charge is 2.03. The Labute approximate surface area is 138 Å². The van der Waals surface area contributed by atoms with Gasteiger partial charge in [0, 0.05) is 11.4 Å². The molecule has 0 N–H and O–H groups in total. The molecule has 0 bridgehead atoms. The standard InChI is InChI=1S/C21H36N/c1-4-7-9-11-13-15-20-17-19(6-3)18-21(22-20)16-14-12-10-8-5-2/h6,17-18H,4-5,7-16H2,1-3H3. The van der Waals surface area contributed by atoms with Gasteiger partial charge in [0.05, 0.1) is 0 Å². The summed E-state index contributed by atoms with van der Waals surface area (Å²) >= 11 is 0. The molecule has 0 spiro atoms. The molecule has 1 heteroatoms. The summed E-state index contributed by atoms with van der Waals surface area (Å²) < 4.78 is 0. The molecular weight excluding hydrogens is 266 g/mol. The molecule has 0 amide bonds. The Morgan fingerprint density at radius 2 is 1.18 bits per heavy atom. The maximum atomic E-state index is 4.90. The van der Waals surface area contributed by atoms with E-state index in [1.54, 1.807) is 0 Å². The van der Waals surface area contributed by atoms with Gasteiger partial charge in [-0.2, -0.15) is 0 Å². The largest absolute Gasteiger partial charge is 0.258 e. The Balaban J connectivity index is 2.42. The van der Waals surface area contributed by atoms with Crippen molar-refractivity contribution in [2.75, 3.05) is 0 Å². The molecule has 0 aliphatic rings. The van der Waals surface area contributed by atoms with Crippen molar-refractivity contribution in [2.45, 2.75) is 97.8 Å². The molecule has 0 atom stereocenters. The van der Waals surface area contributed by atoms with Gasteiger partial charge in [0.15, 0.2) is 0 Å². The topological polar surface area (TPSA) is 12.9 Å². The zero-order valence-corrected chi connectivity index (χ0v) is 15.2. The number of aromatic nitrogens is 1. The molecule has 0 unspecified atom stereocenters. The molecule has 1 heterocycles. The minimum Gasteiger partial charge on any atom is -0.258 e. The fraction of sp³-hybridized carbons (Fsp3) is 0.714. The normalized spacial score (nSPS) is 11.0. The predicted molar refractivity (Wildman–Crippen MR) is 98.2 cm³/mol. The summed E-state index contributed by atoms with van der Waals surface area (Å²) in [5, 5.41) is 0. The molecule has 22 heavy (non-hydrogen) atoms. The van der Waals surface area contributed by atoms with E-state index in [0.717, 1.165) is 12.8 Å². The summed E-state index contributed by atoms with van der Waals surface area (Å²) in [6.07, 6.45) is 17.9. The van der Waals surface area contributed by atoms with Crippen molar-refractivity contribution in [1.82, 2.24) is 4.98 Å². The molecule has 125 valence electrons. The van der Waals surface area contributed by atoms with Gasteiger partial charge in [0.1, 0.15) is 0 Å². The smallest absolute Gasteiger partial charge is 0.0409 e. The van der Waals surface area contributed by atoms with E-state index in [4.69, 9.17) is 4.98 Å². The van der Waals surface area contributed by atoms with Crippen LogP contribution in [0.2, 0.25) is 0 Å². The molecule has 1 nitrogen and oxygen atoms in total. The molecular formula is C21H36N. The average Bonchev–Trinajstić information content (AvgIpc) is 2.54. The van der Waals surface area contributed by atoms with Crippen LogP contribution in [0, 0.1) is 6.42 Å². The monoisotopic (exact) mass is 302 g/mol. The minimum absolute atomic E-state index is 1.15. The van der Waals surface area contributed by atoms with E-state index >= 15 is 0 Å². The third-order valence-electron chi connectivity index (χ3n) is 4.36. The summed E-state index contributed by atoms with van der Waals surface area (Å²) in [7, 11) is 0. The lowest BCUT2D eigenvalue weighted by Gasteiger charge is -2.08. The second kappa shape index (κ2) is 12.7. The fourth-order valence-electron chi connectivity index (χ4n) is 2.92. The predicted octanol–water partition coefficient (Wildman–Crippen LogP) is 6.68. The first-order valence-electron chi connectivity index (χ1n) is 9.59. The summed E-state index contributed by atoms with van der Waals surface area (Å²) in [6.45, 7) is 6.68. The van der Waals surface area contributed by atoms with Crippen molar-refractivity contribution in [3.8, 4) is 0 Å². The molecule has 1 aromatic rings. The number of unbranched alkanes of at least 4 members (excludes halogenated alkanes) is 8. The van der Waals surface area contributed by atoms with Crippen LogP contribution in [0.3, 0.4) is 0 Å². The molecule has 0 aromatic carbocycles. The molecule has 0 aliphatic carbocycles. The van der Waals surface area contributed by atoms with Crippen molar-refractivity contribution < 1.29 is 0 Å². The molecule has 1 radical (unpaired) electrons. The lowest BCUT2D eigenvalue weighted by atomic mass is 10.0. The van der Waals surface area contributed by atoms with Crippen LogP contribution in [0.4, 0.5) is 0 Å². The molecule has 0 saturated carbocycles. The van der Waals surface area contributed by atoms with E-state index in [1.165, 1.54) is 81.2 Å². The maximum absolute atomic E-state index is 4.90. The van der Waals surface area contributed by atoms with Gasteiger partial charge >= 0.3 is 0 Å². The highest BCUT2D eigenvalue weighted by molar-refractivity contribution is 5.27. The van der Waals surface area contributed by atoms with Gasteiger partial charge in [-0.3, -0.25) is 4.98 Å². The van der Waals surface area contributed by atoms with Gasteiger partial charge < -0.3 is 0 Å². The lowest BCUT2D eigenvalue weighted by Crippen LogP contribution is -1.99. The highest BCUT2D eigenvalue weighted by Crippen LogP contribution is 2.15. The highest BCUT2D eigenvalue weighted by atomic mass is 14.7. The Bertz CT molecular complexity index is 351. The van der Waals surface area contributed by atoms with E-state index < -0.39 is 0 Å². The molecule has 0 aliphatic heterocycles. The van der Waals surface area contributed by atoms with Gasteiger partial charge in [-0.15, -0.1) is 0 Å². The number of hydrogen-bond donors (Lipinski definition) is 0. The van der Waals surface area contributed by atoms with Crippen molar-refractivity contribution >= 4 is 0 Å². The second-order valence-electron chi connectivity index (χ2n) is 6.50. The number of nitrogens with zero attached hydrogens (tertiary/aromatic N) is 1. The number of hydrogen-bond acceptors (Lipinski definition) is 1. The van der Waals surface area contributed by atoms with Crippen LogP contribution >= 0.6 is 0 Å². The van der Waals surface area contributed by atoms with Crippen LogP contribution in [0.1, 0.15) is 102 Å². The third kappa shape index (κ3) is 8.56. The number of aryl methyl sites for hydroxylation is 2. The summed E-state index contributed by atoms with van der Waals surface area (Å²) in [5.41, 5.74) is 3.95. The van der Waals surface area contributed by atoms with Crippen LogP contribution in [-0.4, -0.2) is 4.98 Å². The SMILES string of the molecule is C[CH]c1cc(CCCCCCC)nc(CCCCCCC)c1. The van der Waals surface area contributed by atoms with Gasteiger partial charge in [0.2, 0.25) is 0 Å². The Morgan fingerprint density at radius 1 is 0.727 bits per heavy atom. The zero-order chi connectivity index (χ0) is 16.0. The third-order valence-corrected chi connectivity index (χ3v) is 4.36. The summed E-state index contributed by atoms with van der Waals surface area (Å²) in [5.74, 6) is 0. The zero-order valence-electron chi connectivity index (χ0n) is 15.2. The number of pyridine rings is 1. The number of rotatable bonds is 13. The average molecular weight is 303 g/mol. The lowest BCUT2D eigenvalue weighted by molar-refractivity contribution is 0.619. The van der Waals surface area contributed by atoms with Crippen LogP contribution in [0.15, 0.2) is 12.1 Å². The fourth-order valence-corrected chi connectivity index (χ4v) is 2.92. The summed E-state index contributed by atoms with van der Waals surface area (Å²) in [4.78, 5) is 4.90. The van der Waals surface area contributed by atoms with E-state index in [9.17, 15) is 0 Å². The Kier molecular flexibility index (Phi) is 11.1. The molecule has 0 fully saturated rings. The van der Waals surface area contributed by atoms with E-state index in [1.807, 2.05) is 0 Å². The molecule has 1 rings (SSSR count). The van der Waals surface area contributed by atoms with Crippen molar-refractivity contribution in [1.29, 1.82) is 0 Å². The minimum atomic E-state index is 1.15. The van der Waals surface area contributed by atoms with Crippen molar-refractivity contribution in [3.05, 3.63) is 35.5 Å². The van der Waals surface area contributed by atoms with Crippen LogP contribution < -0.4 is 0 Å². The maximum Gasteiger partial charge on any atom is 0.0409 e. The first kappa shape index (κ1) is 19.2. The van der Waals surface area contributed by atoms with Gasteiger partial charge in [-0.05, 0) is 49.8 Å². The first-order valence-corrected chi connectivity index (χ1v) is 9.59. The van der Waals surface area contributed by atoms with E-state index in [-0.39, 0.29) is 0 Å². The second-order valence-corrected chi connectivity index (χ2v) is 6.50. The van der Waals surface area contributed by atoms with Crippen molar-refractivity contribution in [2.24, 2.45) is 0 Å². The molecule has 0 saturated heterocycles.